The molecule has 0 bridgehead atoms. The number of nitro groups is 1. The van der Waals surface area contributed by atoms with Gasteiger partial charge >= 0.3 is 0 Å². The van der Waals surface area contributed by atoms with Gasteiger partial charge in [0, 0.05) is 15.2 Å². The standard InChI is InChI=1S/C9H11IN2O6S2/c1-6-4-9(7(10)5-8(6)11(13)14)12(19(2,15)16)20(3,17)18/h4-5H,1-3H3. The molecule has 0 aromatic heterocycles. The molecular formula is C9H11IN2O6S2. The number of nitrogens with zero attached hydrogens (tertiary/aromatic N) is 2. The van der Waals surface area contributed by atoms with Crippen LogP contribution < -0.4 is 3.71 Å². The summed E-state index contributed by atoms with van der Waals surface area (Å²) in [5.41, 5.74) is -0.165. The van der Waals surface area contributed by atoms with Gasteiger partial charge in [0.25, 0.3) is 5.69 Å². The molecule has 112 valence electrons. The molecule has 0 amide bonds. The first-order valence-corrected chi connectivity index (χ1v) is 9.78. The maximum atomic E-state index is 11.7. The van der Waals surface area contributed by atoms with Gasteiger partial charge in [-0.25, -0.2) is 16.8 Å². The minimum atomic E-state index is -4.08. The summed E-state index contributed by atoms with van der Waals surface area (Å²) >= 11 is 1.66. The zero-order chi connectivity index (χ0) is 15.9. The van der Waals surface area contributed by atoms with E-state index >= 15 is 0 Å². The van der Waals surface area contributed by atoms with E-state index in [4.69, 9.17) is 0 Å². The van der Waals surface area contributed by atoms with Crippen LogP contribution in [0.25, 0.3) is 0 Å². The van der Waals surface area contributed by atoms with Crippen molar-refractivity contribution in [1.82, 2.24) is 0 Å². The van der Waals surface area contributed by atoms with Gasteiger partial charge in [-0.2, -0.15) is 3.71 Å². The van der Waals surface area contributed by atoms with E-state index in [1.165, 1.54) is 13.0 Å². The Morgan fingerprint density at radius 3 is 1.95 bits per heavy atom. The summed E-state index contributed by atoms with van der Waals surface area (Å²) in [6, 6.07) is 2.30. The average Bonchev–Trinajstić information content (AvgIpc) is 2.18. The van der Waals surface area contributed by atoms with Gasteiger partial charge in [-0.15, -0.1) is 0 Å². The van der Waals surface area contributed by atoms with Crippen LogP contribution in [0.3, 0.4) is 0 Å². The second-order valence-electron chi connectivity index (χ2n) is 4.07. The van der Waals surface area contributed by atoms with E-state index < -0.39 is 25.0 Å². The van der Waals surface area contributed by atoms with Crippen LogP contribution in [-0.2, 0) is 20.0 Å². The molecule has 0 heterocycles. The monoisotopic (exact) mass is 434 g/mol. The highest BCUT2D eigenvalue weighted by Gasteiger charge is 2.30. The van der Waals surface area contributed by atoms with Crippen molar-refractivity contribution in [1.29, 1.82) is 0 Å². The first kappa shape index (κ1) is 17.1. The number of sulfonamides is 2. The lowest BCUT2D eigenvalue weighted by Crippen LogP contribution is -2.35. The zero-order valence-electron chi connectivity index (χ0n) is 10.7. The molecule has 0 unspecified atom stereocenters. The van der Waals surface area contributed by atoms with Crippen molar-refractivity contribution in [2.24, 2.45) is 0 Å². The van der Waals surface area contributed by atoms with Crippen LogP contribution in [0.5, 0.6) is 0 Å². The Morgan fingerprint density at radius 2 is 1.60 bits per heavy atom. The second kappa shape index (κ2) is 5.44. The molecule has 0 radical (unpaired) electrons. The molecule has 0 fully saturated rings. The summed E-state index contributed by atoms with van der Waals surface area (Å²) in [5.74, 6) is 0. The van der Waals surface area contributed by atoms with Crippen LogP contribution in [0.1, 0.15) is 5.56 Å². The van der Waals surface area contributed by atoms with Crippen LogP contribution in [0, 0.1) is 20.6 Å². The molecule has 1 aromatic carbocycles. The third kappa shape index (κ3) is 3.58. The Kier molecular flexibility index (Phi) is 4.65. The SMILES string of the molecule is Cc1cc(N(S(C)(=O)=O)S(C)(=O)=O)c(I)cc1[N+](=O)[O-]. The van der Waals surface area contributed by atoms with Crippen molar-refractivity contribution in [2.45, 2.75) is 6.92 Å². The molecule has 0 spiro atoms. The summed E-state index contributed by atoms with van der Waals surface area (Å²) in [7, 11) is -8.15. The Hall–Kier alpha value is -0.950. The van der Waals surface area contributed by atoms with Crippen LogP contribution >= 0.6 is 22.6 Å². The van der Waals surface area contributed by atoms with Crippen molar-refractivity contribution in [3.63, 3.8) is 0 Å². The maximum absolute atomic E-state index is 11.7. The molecule has 20 heavy (non-hydrogen) atoms. The second-order valence-corrected chi connectivity index (χ2v) is 9.13. The number of nitro benzene ring substituents is 1. The lowest BCUT2D eigenvalue weighted by molar-refractivity contribution is -0.385. The number of rotatable bonds is 4. The summed E-state index contributed by atoms with van der Waals surface area (Å²) in [6.07, 6.45) is 1.50. The zero-order valence-corrected chi connectivity index (χ0v) is 14.5. The highest BCUT2D eigenvalue weighted by Crippen LogP contribution is 2.32. The van der Waals surface area contributed by atoms with Gasteiger partial charge in [-0.3, -0.25) is 10.1 Å². The molecule has 1 aromatic rings. The lowest BCUT2D eigenvalue weighted by atomic mass is 10.2. The minimum Gasteiger partial charge on any atom is -0.258 e. The number of hydrogen-bond donors (Lipinski definition) is 0. The fourth-order valence-corrected chi connectivity index (χ4v) is 5.60. The van der Waals surface area contributed by atoms with Crippen LogP contribution in [-0.4, -0.2) is 34.3 Å². The van der Waals surface area contributed by atoms with Gasteiger partial charge in [0.05, 0.1) is 23.1 Å². The predicted molar refractivity (Wildman–Crippen MR) is 82.7 cm³/mol. The molecule has 0 atom stereocenters. The van der Waals surface area contributed by atoms with Crippen molar-refractivity contribution in [3.05, 3.63) is 31.4 Å². The molecule has 0 saturated heterocycles. The van der Waals surface area contributed by atoms with Crippen LogP contribution in [0.15, 0.2) is 12.1 Å². The number of halogens is 1. The van der Waals surface area contributed by atoms with Gasteiger partial charge in [0.2, 0.25) is 20.0 Å². The fourth-order valence-electron chi connectivity index (χ4n) is 1.60. The molecule has 0 aliphatic carbocycles. The topological polar surface area (TPSA) is 115 Å². The Labute approximate surface area is 130 Å². The summed E-state index contributed by atoms with van der Waals surface area (Å²) in [5, 5.41) is 10.8. The van der Waals surface area contributed by atoms with Crippen molar-refractivity contribution >= 4 is 54.0 Å². The third-order valence-electron chi connectivity index (χ3n) is 2.26. The highest BCUT2D eigenvalue weighted by atomic mass is 127. The van der Waals surface area contributed by atoms with E-state index in [2.05, 4.69) is 0 Å². The minimum absolute atomic E-state index is 0.126. The lowest BCUT2D eigenvalue weighted by Gasteiger charge is -2.21. The molecule has 0 aliphatic heterocycles. The fraction of sp³-hybridized carbons (Fsp3) is 0.333. The van der Waals surface area contributed by atoms with Gasteiger partial charge in [-0.05, 0) is 35.6 Å². The third-order valence-corrected chi connectivity index (χ3v) is 6.35. The number of anilines is 1. The average molecular weight is 434 g/mol. The van der Waals surface area contributed by atoms with Crippen LogP contribution in [0.2, 0.25) is 0 Å². The van der Waals surface area contributed by atoms with Gasteiger partial charge in [-0.1, -0.05) is 0 Å². The molecular weight excluding hydrogens is 423 g/mol. The smallest absolute Gasteiger partial charge is 0.258 e. The Morgan fingerprint density at radius 1 is 1.15 bits per heavy atom. The molecule has 0 N–H and O–H groups in total. The molecule has 8 nitrogen and oxygen atoms in total. The number of hydrogen-bond acceptors (Lipinski definition) is 6. The van der Waals surface area contributed by atoms with E-state index in [-0.39, 0.29) is 24.2 Å². The summed E-state index contributed by atoms with van der Waals surface area (Å²) in [6.45, 7) is 1.40. The van der Waals surface area contributed by atoms with Crippen molar-refractivity contribution in [3.8, 4) is 0 Å². The molecule has 0 aliphatic rings. The first-order chi connectivity index (χ1) is 8.85. The Bertz CT molecular complexity index is 740. The summed E-state index contributed by atoms with van der Waals surface area (Å²) < 4.78 is 47.1. The normalized spacial score (nSPS) is 12.2. The largest absolute Gasteiger partial charge is 0.273 e. The predicted octanol–water partition coefficient (Wildman–Crippen LogP) is 1.23. The number of aryl methyl sites for hydroxylation is 1. The van der Waals surface area contributed by atoms with E-state index in [0.717, 1.165) is 18.6 Å². The van der Waals surface area contributed by atoms with E-state index in [1.807, 2.05) is 0 Å². The van der Waals surface area contributed by atoms with Gasteiger partial charge in [0.1, 0.15) is 0 Å². The first-order valence-electron chi connectivity index (χ1n) is 5.00. The van der Waals surface area contributed by atoms with Crippen molar-refractivity contribution < 1.29 is 21.8 Å². The maximum Gasteiger partial charge on any atom is 0.273 e. The van der Waals surface area contributed by atoms with E-state index in [0.29, 0.717) is 0 Å². The van der Waals surface area contributed by atoms with E-state index in [1.54, 1.807) is 22.6 Å². The summed E-state index contributed by atoms with van der Waals surface area (Å²) in [4.78, 5) is 10.2. The molecule has 11 heteroatoms. The van der Waals surface area contributed by atoms with Crippen LogP contribution in [0.4, 0.5) is 11.4 Å². The van der Waals surface area contributed by atoms with E-state index in [9.17, 15) is 26.9 Å². The van der Waals surface area contributed by atoms with Gasteiger partial charge in [0.15, 0.2) is 0 Å². The highest BCUT2D eigenvalue weighted by molar-refractivity contribution is 14.1. The molecule has 0 saturated carbocycles. The quantitative estimate of drug-likeness (QED) is 0.400. The Balaban J connectivity index is 3.69. The number of benzene rings is 1. The van der Waals surface area contributed by atoms with Crippen molar-refractivity contribution in [2.75, 3.05) is 16.2 Å². The molecule has 1 rings (SSSR count). The van der Waals surface area contributed by atoms with Gasteiger partial charge < -0.3 is 0 Å².